The Morgan fingerprint density at radius 1 is 1.32 bits per heavy atom. The van der Waals surface area contributed by atoms with Crippen LogP contribution >= 0.6 is 0 Å². The van der Waals surface area contributed by atoms with Crippen molar-refractivity contribution in [3.05, 3.63) is 29.8 Å². The minimum Gasteiger partial charge on any atom is -0.491 e. The van der Waals surface area contributed by atoms with Crippen LogP contribution in [0.4, 0.5) is 0 Å². The second-order valence-corrected chi connectivity index (χ2v) is 5.68. The van der Waals surface area contributed by atoms with Crippen molar-refractivity contribution in [3.63, 3.8) is 0 Å². The van der Waals surface area contributed by atoms with E-state index in [2.05, 4.69) is 5.32 Å². The number of ether oxygens (including phenoxy) is 1. The van der Waals surface area contributed by atoms with Gasteiger partial charge >= 0.3 is 0 Å². The minimum absolute atomic E-state index is 0.0237. The maximum absolute atomic E-state index is 11.1. The van der Waals surface area contributed by atoms with Gasteiger partial charge in [-0.3, -0.25) is 4.79 Å². The molecule has 0 aromatic heterocycles. The van der Waals surface area contributed by atoms with Crippen molar-refractivity contribution >= 4 is 5.78 Å². The normalized spacial score (nSPS) is 13.1. The van der Waals surface area contributed by atoms with Gasteiger partial charge in [-0.25, -0.2) is 0 Å². The first-order chi connectivity index (χ1) is 8.78. The first-order valence-corrected chi connectivity index (χ1v) is 6.45. The van der Waals surface area contributed by atoms with Gasteiger partial charge in [0.05, 0.1) is 0 Å². The summed E-state index contributed by atoms with van der Waals surface area (Å²) in [5.41, 5.74) is 0.631. The van der Waals surface area contributed by atoms with E-state index in [1.165, 1.54) is 6.92 Å². The van der Waals surface area contributed by atoms with Gasteiger partial charge < -0.3 is 15.2 Å². The number of hydrogen-bond donors (Lipinski definition) is 2. The van der Waals surface area contributed by atoms with Crippen LogP contribution in [0.5, 0.6) is 5.75 Å². The van der Waals surface area contributed by atoms with Crippen molar-refractivity contribution in [2.75, 3.05) is 13.2 Å². The largest absolute Gasteiger partial charge is 0.491 e. The fraction of sp³-hybridized carbons (Fsp3) is 0.533. The molecule has 0 amide bonds. The highest BCUT2D eigenvalue weighted by molar-refractivity contribution is 5.94. The van der Waals surface area contributed by atoms with E-state index in [0.717, 1.165) is 0 Å². The second kappa shape index (κ2) is 6.68. The standard InChI is InChI=1S/C15H23NO3/c1-11(17)12-5-7-14(8-6-12)19-10-13(18)9-16-15(2,3)4/h5-8,13,16,18H,9-10H2,1-4H3. The van der Waals surface area contributed by atoms with Gasteiger partial charge in [0.1, 0.15) is 18.5 Å². The zero-order valence-corrected chi connectivity index (χ0v) is 12.1. The highest BCUT2D eigenvalue weighted by atomic mass is 16.5. The van der Waals surface area contributed by atoms with Crippen LogP contribution in [0.2, 0.25) is 0 Å². The molecule has 4 heteroatoms. The van der Waals surface area contributed by atoms with Crippen LogP contribution in [0, 0.1) is 0 Å². The topological polar surface area (TPSA) is 58.6 Å². The van der Waals surface area contributed by atoms with E-state index in [1.807, 2.05) is 20.8 Å². The summed E-state index contributed by atoms with van der Waals surface area (Å²) in [6.45, 7) is 8.36. The van der Waals surface area contributed by atoms with Crippen LogP contribution < -0.4 is 10.1 Å². The van der Waals surface area contributed by atoms with Crippen molar-refractivity contribution in [3.8, 4) is 5.75 Å². The Morgan fingerprint density at radius 2 is 1.89 bits per heavy atom. The van der Waals surface area contributed by atoms with Crippen molar-refractivity contribution in [1.29, 1.82) is 0 Å². The van der Waals surface area contributed by atoms with Crippen LogP contribution in [0.15, 0.2) is 24.3 Å². The van der Waals surface area contributed by atoms with Gasteiger partial charge in [-0.1, -0.05) is 0 Å². The summed E-state index contributed by atoms with van der Waals surface area (Å²) < 4.78 is 5.47. The Bertz CT molecular complexity index is 406. The molecule has 1 atom stereocenters. The lowest BCUT2D eigenvalue weighted by atomic mass is 10.1. The van der Waals surface area contributed by atoms with E-state index in [9.17, 15) is 9.90 Å². The van der Waals surface area contributed by atoms with E-state index < -0.39 is 6.10 Å². The van der Waals surface area contributed by atoms with Crippen molar-refractivity contribution in [2.24, 2.45) is 0 Å². The molecular formula is C15H23NO3. The predicted octanol–water partition coefficient (Wildman–Crippen LogP) is 2.02. The molecule has 106 valence electrons. The molecule has 0 aliphatic rings. The molecule has 1 rings (SSSR count). The molecule has 0 fully saturated rings. The summed E-state index contributed by atoms with van der Waals surface area (Å²) in [5.74, 6) is 0.681. The highest BCUT2D eigenvalue weighted by Gasteiger charge is 2.12. The summed E-state index contributed by atoms with van der Waals surface area (Å²) >= 11 is 0. The van der Waals surface area contributed by atoms with E-state index in [0.29, 0.717) is 17.9 Å². The Labute approximate surface area is 114 Å². The fourth-order valence-corrected chi connectivity index (χ4v) is 1.46. The van der Waals surface area contributed by atoms with Crippen LogP contribution in [-0.2, 0) is 0 Å². The second-order valence-electron chi connectivity index (χ2n) is 5.68. The SMILES string of the molecule is CC(=O)c1ccc(OCC(O)CNC(C)(C)C)cc1. The smallest absolute Gasteiger partial charge is 0.159 e. The van der Waals surface area contributed by atoms with Crippen molar-refractivity contribution < 1.29 is 14.6 Å². The molecule has 0 saturated carbocycles. The molecule has 0 heterocycles. The number of nitrogens with one attached hydrogen (secondary N) is 1. The molecule has 0 radical (unpaired) electrons. The van der Waals surface area contributed by atoms with Crippen LogP contribution in [0.1, 0.15) is 38.1 Å². The van der Waals surface area contributed by atoms with E-state index in [-0.39, 0.29) is 17.9 Å². The molecule has 0 aliphatic carbocycles. The third-order valence-electron chi connectivity index (χ3n) is 2.57. The number of carbonyl (C=O) groups excluding carboxylic acids is 1. The van der Waals surface area contributed by atoms with Gasteiger partial charge in [-0.05, 0) is 52.0 Å². The van der Waals surface area contributed by atoms with Gasteiger partial charge in [0, 0.05) is 17.6 Å². The summed E-state index contributed by atoms with van der Waals surface area (Å²) in [7, 11) is 0. The average Bonchev–Trinajstić information content (AvgIpc) is 2.33. The minimum atomic E-state index is -0.563. The molecule has 0 saturated heterocycles. The number of aliphatic hydroxyl groups excluding tert-OH is 1. The number of rotatable bonds is 6. The summed E-state index contributed by atoms with van der Waals surface area (Å²) in [6.07, 6.45) is -0.563. The van der Waals surface area contributed by atoms with Crippen LogP contribution in [0.25, 0.3) is 0 Å². The summed E-state index contributed by atoms with van der Waals surface area (Å²) in [5, 5.41) is 13.0. The molecule has 0 bridgehead atoms. The number of Topliss-reactive ketones (excluding diaryl/α,β-unsaturated/α-hetero) is 1. The van der Waals surface area contributed by atoms with Gasteiger partial charge in [-0.15, -0.1) is 0 Å². The first kappa shape index (κ1) is 15.7. The molecular weight excluding hydrogens is 242 g/mol. The predicted molar refractivity (Wildman–Crippen MR) is 75.7 cm³/mol. The number of benzene rings is 1. The fourth-order valence-electron chi connectivity index (χ4n) is 1.46. The molecule has 1 aromatic rings. The van der Waals surface area contributed by atoms with Crippen molar-refractivity contribution in [1.82, 2.24) is 5.32 Å². The number of carbonyl (C=O) groups is 1. The number of hydrogen-bond acceptors (Lipinski definition) is 4. The number of β-amino-alcohol motifs (C(OH)–C–C–N with tert-alkyl or cyclic N) is 1. The Hall–Kier alpha value is -1.39. The number of ketones is 1. The third-order valence-corrected chi connectivity index (χ3v) is 2.57. The zero-order valence-electron chi connectivity index (χ0n) is 12.1. The number of aliphatic hydroxyl groups is 1. The summed E-state index contributed by atoms with van der Waals surface area (Å²) in [6, 6.07) is 6.91. The lowest BCUT2D eigenvalue weighted by Crippen LogP contribution is -2.42. The first-order valence-electron chi connectivity index (χ1n) is 6.45. The van der Waals surface area contributed by atoms with E-state index in [1.54, 1.807) is 24.3 Å². The quantitative estimate of drug-likeness (QED) is 0.773. The molecule has 0 aliphatic heterocycles. The van der Waals surface area contributed by atoms with E-state index in [4.69, 9.17) is 4.74 Å². The molecule has 0 spiro atoms. The molecule has 1 aromatic carbocycles. The van der Waals surface area contributed by atoms with Crippen LogP contribution in [-0.4, -0.2) is 35.7 Å². The highest BCUT2D eigenvalue weighted by Crippen LogP contribution is 2.12. The lowest BCUT2D eigenvalue weighted by molar-refractivity contribution is 0.0995. The van der Waals surface area contributed by atoms with Gasteiger partial charge in [0.2, 0.25) is 0 Å². The Balaban J connectivity index is 2.37. The van der Waals surface area contributed by atoms with Gasteiger partial charge in [0.25, 0.3) is 0 Å². The van der Waals surface area contributed by atoms with Crippen molar-refractivity contribution in [2.45, 2.75) is 39.3 Å². The Kier molecular flexibility index (Phi) is 5.51. The van der Waals surface area contributed by atoms with E-state index >= 15 is 0 Å². The monoisotopic (exact) mass is 265 g/mol. The molecule has 19 heavy (non-hydrogen) atoms. The lowest BCUT2D eigenvalue weighted by Gasteiger charge is -2.22. The average molecular weight is 265 g/mol. The Morgan fingerprint density at radius 3 is 2.37 bits per heavy atom. The zero-order chi connectivity index (χ0) is 14.5. The molecule has 2 N–H and O–H groups in total. The van der Waals surface area contributed by atoms with Crippen LogP contribution in [0.3, 0.4) is 0 Å². The molecule has 4 nitrogen and oxygen atoms in total. The third kappa shape index (κ3) is 6.36. The van der Waals surface area contributed by atoms with Gasteiger partial charge in [0.15, 0.2) is 5.78 Å². The summed E-state index contributed by atoms with van der Waals surface area (Å²) in [4.78, 5) is 11.1. The van der Waals surface area contributed by atoms with Gasteiger partial charge in [-0.2, -0.15) is 0 Å². The maximum Gasteiger partial charge on any atom is 0.159 e. The maximum atomic E-state index is 11.1. The molecule has 1 unspecified atom stereocenters.